The van der Waals surface area contributed by atoms with Gasteiger partial charge in [-0.05, 0) is 12.1 Å². The lowest BCUT2D eigenvalue weighted by molar-refractivity contribution is -0.384. The molecule has 1 aliphatic heterocycles. The van der Waals surface area contributed by atoms with Gasteiger partial charge in [0.15, 0.2) is 0 Å². The van der Waals surface area contributed by atoms with Crippen molar-refractivity contribution in [2.45, 2.75) is 6.42 Å². The number of aromatic nitrogens is 3. The van der Waals surface area contributed by atoms with E-state index < -0.39 is 4.92 Å². The van der Waals surface area contributed by atoms with Crippen LogP contribution in [0, 0.1) is 10.1 Å². The molecule has 0 radical (unpaired) electrons. The first-order chi connectivity index (χ1) is 12.6. The van der Waals surface area contributed by atoms with Crippen LogP contribution in [0.4, 0.5) is 17.5 Å². The van der Waals surface area contributed by atoms with Crippen molar-refractivity contribution in [2.24, 2.45) is 0 Å². The molecule has 2 aromatic heterocycles. The summed E-state index contributed by atoms with van der Waals surface area (Å²) in [6.07, 6.45) is 5.11. The van der Waals surface area contributed by atoms with E-state index >= 15 is 0 Å². The molecule has 2 aromatic rings. The molecule has 0 saturated carbocycles. The zero-order chi connectivity index (χ0) is 18.4. The van der Waals surface area contributed by atoms with Crippen LogP contribution in [0.3, 0.4) is 0 Å². The molecule has 3 rings (SSSR count). The van der Waals surface area contributed by atoms with Gasteiger partial charge in [0.25, 0.3) is 0 Å². The highest BCUT2D eigenvalue weighted by Gasteiger charge is 2.22. The zero-order valence-corrected chi connectivity index (χ0v) is 14.1. The number of rotatable bonds is 6. The van der Waals surface area contributed by atoms with Crippen molar-refractivity contribution in [3.05, 3.63) is 46.9 Å². The molecule has 1 N–H and O–H groups in total. The molecular weight excluding hydrogens is 338 g/mol. The Morgan fingerprint density at radius 3 is 2.50 bits per heavy atom. The molecule has 26 heavy (non-hydrogen) atoms. The molecule has 10 heteroatoms. The molecule has 1 amide bonds. The average Bonchev–Trinajstić information content (AvgIpc) is 2.69. The summed E-state index contributed by atoms with van der Waals surface area (Å²) in [5, 5.41) is 13.8. The lowest BCUT2D eigenvalue weighted by Gasteiger charge is -2.34. The Bertz CT molecular complexity index is 763. The van der Waals surface area contributed by atoms with Crippen molar-refractivity contribution in [1.29, 1.82) is 0 Å². The lowest BCUT2D eigenvalue weighted by Crippen LogP contribution is -2.49. The highest BCUT2D eigenvalue weighted by molar-refractivity contribution is 5.77. The van der Waals surface area contributed by atoms with Gasteiger partial charge in [-0.15, -0.1) is 0 Å². The van der Waals surface area contributed by atoms with Gasteiger partial charge in [0.2, 0.25) is 17.7 Å². The number of carbonyl (C=O) groups is 1. The topological polar surface area (TPSA) is 117 Å². The monoisotopic (exact) mass is 357 g/mol. The molecule has 0 bridgehead atoms. The van der Waals surface area contributed by atoms with Crippen LogP contribution in [-0.2, 0) is 4.79 Å². The van der Waals surface area contributed by atoms with E-state index in [0.717, 1.165) is 0 Å². The average molecular weight is 357 g/mol. The number of anilines is 2. The Balaban J connectivity index is 1.46. The summed E-state index contributed by atoms with van der Waals surface area (Å²) in [7, 11) is 0. The minimum absolute atomic E-state index is 0.00437. The van der Waals surface area contributed by atoms with Crippen LogP contribution in [0.25, 0.3) is 0 Å². The van der Waals surface area contributed by atoms with Gasteiger partial charge < -0.3 is 15.1 Å². The number of pyridine rings is 1. The van der Waals surface area contributed by atoms with Crippen LogP contribution >= 0.6 is 0 Å². The molecule has 0 spiro atoms. The van der Waals surface area contributed by atoms with E-state index in [9.17, 15) is 14.9 Å². The first kappa shape index (κ1) is 17.5. The third-order valence-corrected chi connectivity index (χ3v) is 4.08. The van der Waals surface area contributed by atoms with Gasteiger partial charge in [-0.3, -0.25) is 14.9 Å². The van der Waals surface area contributed by atoms with Crippen molar-refractivity contribution in [2.75, 3.05) is 42.9 Å². The van der Waals surface area contributed by atoms with Crippen molar-refractivity contribution < 1.29 is 9.72 Å². The molecule has 1 aliphatic rings. The van der Waals surface area contributed by atoms with Crippen molar-refractivity contribution in [3.63, 3.8) is 0 Å². The molecule has 0 atom stereocenters. The zero-order valence-electron chi connectivity index (χ0n) is 14.1. The van der Waals surface area contributed by atoms with Crippen LogP contribution < -0.4 is 10.2 Å². The van der Waals surface area contributed by atoms with E-state index in [1.54, 1.807) is 23.4 Å². The van der Waals surface area contributed by atoms with Crippen molar-refractivity contribution in [1.82, 2.24) is 19.9 Å². The number of piperazine rings is 1. The normalized spacial score (nSPS) is 14.2. The van der Waals surface area contributed by atoms with E-state index in [1.807, 2.05) is 4.90 Å². The predicted molar refractivity (Wildman–Crippen MR) is 94.8 cm³/mol. The summed E-state index contributed by atoms with van der Waals surface area (Å²) in [5.74, 6) is 0.852. The largest absolute Gasteiger partial charge is 0.364 e. The van der Waals surface area contributed by atoms with Crippen LogP contribution in [0.15, 0.2) is 36.8 Å². The first-order valence-electron chi connectivity index (χ1n) is 8.28. The number of nitrogens with one attached hydrogen (secondary N) is 1. The summed E-state index contributed by atoms with van der Waals surface area (Å²) in [6.45, 7) is 2.84. The molecule has 0 aliphatic carbocycles. The van der Waals surface area contributed by atoms with Gasteiger partial charge >= 0.3 is 5.69 Å². The molecular formula is C16H19N7O3. The van der Waals surface area contributed by atoms with Crippen LogP contribution in [0.5, 0.6) is 0 Å². The summed E-state index contributed by atoms with van der Waals surface area (Å²) in [5.41, 5.74) is -0.101. The molecule has 10 nitrogen and oxygen atoms in total. The summed E-state index contributed by atoms with van der Waals surface area (Å²) in [6, 6.07) is 4.65. The lowest BCUT2D eigenvalue weighted by atomic mass is 10.2. The third-order valence-electron chi connectivity index (χ3n) is 4.08. The first-order valence-corrected chi connectivity index (χ1v) is 8.28. The van der Waals surface area contributed by atoms with E-state index in [2.05, 4.69) is 20.3 Å². The minimum Gasteiger partial charge on any atom is -0.364 e. The molecule has 1 fully saturated rings. The molecule has 136 valence electrons. The third kappa shape index (κ3) is 4.21. The maximum atomic E-state index is 12.3. The summed E-state index contributed by atoms with van der Waals surface area (Å²) < 4.78 is 0. The van der Waals surface area contributed by atoms with Gasteiger partial charge in [0.1, 0.15) is 0 Å². The Kier molecular flexibility index (Phi) is 5.52. The van der Waals surface area contributed by atoms with Gasteiger partial charge in [0.05, 0.1) is 4.92 Å². The molecule has 0 unspecified atom stereocenters. The second kappa shape index (κ2) is 8.19. The standard InChI is InChI=1S/C16H19N7O3/c24-14(4-8-18-15-13(23(25)26)3-1-5-17-15)21-9-11-22(12-10-21)16-19-6-2-7-20-16/h1-3,5-7H,4,8-12H2,(H,17,18). The summed E-state index contributed by atoms with van der Waals surface area (Å²) >= 11 is 0. The predicted octanol–water partition coefficient (Wildman–Crippen LogP) is 0.931. The number of carbonyl (C=O) groups excluding carboxylic acids is 1. The van der Waals surface area contributed by atoms with Gasteiger partial charge in [-0.2, -0.15) is 0 Å². The Morgan fingerprint density at radius 2 is 1.81 bits per heavy atom. The van der Waals surface area contributed by atoms with Crippen molar-refractivity contribution >= 4 is 23.4 Å². The Morgan fingerprint density at radius 1 is 1.12 bits per heavy atom. The fourth-order valence-electron chi connectivity index (χ4n) is 2.74. The van der Waals surface area contributed by atoms with Crippen molar-refractivity contribution in [3.8, 4) is 0 Å². The summed E-state index contributed by atoms with van der Waals surface area (Å²) in [4.78, 5) is 39.0. The van der Waals surface area contributed by atoms with Gasteiger partial charge in [-0.25, -0.2) is 15.0 Å². The Labute approximate surface area is 150 Å². The maximum absolute atomic E-state index is 12.3. The second-order valence-electron chi connectivity index (χ2n) is 5.72. The van der Waals surface area contributed by atoms with Gasteiger partial charge in [-0.1, -0.05) is 0 Å². The quantitative estimate of drug-likeness (QED) is 0.599. The fourth-order valence-corrected chi connectivity index (χ4v) is 2.74. The molecule has 1 saturated heterocycles. The fraction of sp³-hybridized carbons (Fsp3) is 0.375. The number of amides is 1. The maximum Gasteiger partial charge on any atom is 0.311 e. The number of nitro groups is 1. The molecule has 0 aromatic carbocycles. The smallest absolute Gasteiger partial charge is 0.311 e. The Hall–Kier alpha value is -3.30. The molecule has 3 heterocycles. The van der Waals surface area contributed by atoms with E-state index in [4.69, 9.17) is 0 Å². The highest BCUT2D eigenvalue weighted by Crippen LogP contribution is 2.20. The second-order valence-corrected chi connectivity index (χ2v) is 5.72. The van der Waals surface area contributed by atoms with E-state index in [-0.39, 0.29) is 23.8 Å². The van der Waals surface area contributed by atoms with E-state index in [0.29, 0.717) is 38.7 Å². The minimum atomic E-state index is -0.498. The van der Waals surface area contributed by atoms with Crippen LogP contribution in [0.2, 0.25) is 0 Å². The number of hydrogen-bond acceptors (Lipinski definition) is 8. The van der Waals surface area contributed by atoms with E-state index in [1.165, 1.54) is 18.3 Å². The SMILES string of the molecule is O=C(CCNc1ncccc1[N+](=O)[O-])N1CCN(c2ncccn2)CC1. The van der Waals surface area contributed by atoms with Crippen LogP contribution in [-0.4, -0.2) is 63.4 Å². The number of nitrogens with zero attached hydrogens (tertiary/aromatic N) is 6. The van der Waals surface area contributed by atoms with Gasteiger partial charge in [0, 0.05) is 63.8 Å². The number of hydrogen-bond donors (Lipinski definition) is 1. The van der Waals surface area contributed by atoms with Crippen LogP contribution in [0.1, 0.15) is 6.42 Å². The highest BCUT2D eigenvalue weighted by atomic mass is 16.6.